The lowest BCUT2D eigenvalue weighted by atomic mass is 9.82. The second kappa shape index (κ2) is 35.6. The third-order valence-electron chi connectivity index (χ3n) is 21.4. The normalized spacial score (nSPS) is 16.8. The summed E-state index contributed by atoms with van der Waals surface area (Å²) in [5.41, 5.74) is 22.1. The van der Waals surface area contributed by atoms with Gasteiger partial charge in [-0.15, -0.1) is 0 Å². The van der Waals surface area contributed by atoms with Gasteiger partial charge in [-0.2, -0.15) is 0 Å². The van der Waals surface area contributed by atoms with Crippen molar-refractivity contribution in [2.45, 2.75) is 127 Å². The van der Waals surface area contributed by atoms with Crippen LogP contribution in [0, 0.1) is 89.4 Å². The first-order chi connectivity index (χ1) is 65.8. The lowest BCUT2D eigenvalue weighted by molar-refractivity contribution is -0.660. The molecule has 0 aliphatic heterocycles. The molecule has 1 saturated carbocycles. The van der Waals surface area contributed by atoms with Gasteiger partial charge < -0.3 is 0 Å². The Hall–Kier alpha value is -12.0. The highest BCUT2D eigenvalue weighted by atomic mass is 14.9. The Morgan fingerprint density at radius 2 is 0.593 bits per heavy atom. The largest absolute Gasteiger partial charge is 0.213 e. The van der Waals surface area contributed by atoms with Crippen molar-refractivity contribution in [2.75, 3.05) is 0 Å². The van der Waals surface area contributed by atoms with Crippen LogP contribution in [0.4, 0.5) is 0 Å². The standard InChI is InChI=1S/C28H28N.C28H34N.C27H26N.C26H24N/c1-19-9-6-7-12-25(19)23-14-13-20(2)26(17-23)27-18-24(15-16-29(27)5)28-21(3)10-8-11-22(28)4;1-19-11-9-10-14-24(19)26-16-27(21(3)15-20(26)2)28-17-25(22(4)18-29(28)5)23-12-7-6-8-13-23;1-19-9-5-7-11-24(19)22-14-13-21(3)26(17-22)27-18-23(15-16-28(27)4)25-12-8-6-10-20(25)2;1-19-9-7-8-12-24(19)23-14-13-20(2)25(17-23)26-18-22(15-16-27(26)3)21-10-5-4-6-11-21/h6-18H,1-5H3;9-11,14-18,23H,6-8,12-13H2,1-5H3;5-18H,1-4H3;4-18H,1-3H3/q4*+1/i1D3,3D3,4D3;1D3,2D3,4D3,23D;1D3,2D3;1D3. The third kappa shape index (κ3) is 18.0. The third-order valence-corrected chi connectivity index (χ3v) is 21.4. The molecule has 4 heteroatoms. The number of rotatable bonds is 12. The van der Waals surface area contributed by atoms with E-state index in [2.05, 4.69) is 54.1 Å². The number of aromatic nitrogens is 4. The van der Waals surface area contributed by atoms with E-state index in [1.165, 1.54) is 29.8 Å². The van der Waals surface area contributed by atoms with Crippen LogP contribution in [0.15, 0.2) is 304 Å². The number of aryl methyl sites for hydroxylation is 17. The van der Waals surface area contributed by atoms with Gasteiger partial charge in [0.1, 0.15) is 28.2 Å². The number of nitrogens with zero attached hydrogens (tertiary/aromatic N) is 4. The Bertz CT molecular complexity index is 6970. The Morgan fingerprint density at radius 3 is 1.04 bits per heavy atom. The Labute approximate surface area is 714 Å². The van der Waals surface area contributed by atoms with Crippen molar-refractivity contribution in [2.24, 2.45) is 28.2 Å². The van der Waals surface area contributed by atoms with Crippen molar-refractivity contribution < 1.29 is 56.6 Å². The minimum atomic E-state index is -2.51. The van der Waals surface area contributed by atoms with Crippen molar-refractivity contribution in [3.63, 3.8) is 0 Å². The minimum Gasteiger partial charge on any atom is -0.201 e. The van der Waals surface area contributed by atoms with E-state index in [0.29, 0.717) is 85.3 Å². The zero-order valence-corrected chi connectivity index (χ0v) is 65.2. The predicted molar refractivity (Wildman–Crippen MR) is 478 cm³/mol. The lowest BCUT2D eigenvalue weighted by Crippen LogP contribution is -2.32. The topological polar surface area (TPSA) is 15.5 Å². The first kappa shape index (κ1) is 50.8. The van der Waals surface area contributed by atoms with Crippen LogP contribution in [0.3, 0.4) is 0 Å². The molecule has 0 amide bonds. The SMILES string of the molecule is [2H]C([2H])([2H])c1ccccc1-c1cc(-c2cc(C3([2H])CCCCC3)c(C([2H])([2H])[2H])c[n+]2C)c(C)cc1C([2H])([2H])[2H].[2H]C([2H])([2H])c1ccccc1-c1ccc(C)c(-c2cc(-c3c(C([2H])([2H])[2H])cccc3C([2H])([2H])[2H])cc[n+]2C)c1.[2H]C([2H])([2H])c1ccccc1-c1ccc(C)c(-c2cc(-c3ccccc3)cc[n+]2C)c1.[2H]C([2H])([2H])c1ccccc1-c1ccc(C)c(-c2cc(-c3ccccc3C([2H])([2H])[2H])cc[n+]2C)c1. The highest BCUT2D eigenvalue weighted by Gasteiger charge is 2.26. The molecule has 16 rings (SSSR count). The molecule has 0 unspecified atom stereocenters. The van der Waals surface area contributed by atoms with Crippen molar-refractivity contribution >= 4 is 0 Å². The molecular weight excluding hydrogens is 1370 g/mol. The van der Waals surface area contributed by atoms with Crippen LogP contribution in [-0.2, 0) is 28.2 Å². The Balaban J connectivity index is 0.000000159. The fourth-order valence-corrected chi connectivity index (χ4v) is 15.0. The van der Waals surface area contributed by atoms with E-state index in [0.717, 1.165) is 103 Å². The van der Waals surface area contributed by atoms with Crippen LogP contribution in [-0.4, -0.2) is 0 Å². The molecule has 1 fully saturated rings. The van der Waals surface area contributed by atoms with E-state index in [1.54, 1.807) is 140 Å². The molecule has 4 nitrogen and oxygen atoms in total. The summed E-state index contributed by atoms with van der Waals surface area (Å²) >= 11 is 0. The van der Waals surface area contributed by atoms with Crippen molar-refractivity contribution in [1.82, 2.24) is 0 Å². The van der Waals surface area contributed by atoms with Gasteiger partial charge in [-0.3, -0.25) is 0 Å². The van der Waals surface area contributed by atoms with E-state index in [1.807, 2.05) is 160 Å². The summed E-state index contributed by atoms with van der Waals surface area (Å²) in [5.74, 6) is -1.03. The van der Waals surface area contributed by atoms with Gasteiger partial charge in [0.25, 0.3) is 0 Å². The van der Waals surface area contributed by atoms with Crippen LogP contribution in [0.5, 0.6) is 0 Å². The molecule has 15 aromatic rings. The van der Waals surface area contributed by atoms with Crippen LogP contribution in [0.1, 0.15) is 154 Å². The number of pyridine rings is 4. The molecule has 0 saturated heterocycles. The van der Waals surface area contributed by atoms with Crippen LogP contribution in [0.25, 0.3) is 123 Å². The monoisotopic (exact) mass is 1510 g/mol. The Kier molecular flexibility index (Phi) is 16.0. The molecule has 564 valence electrons. The first-order valence-corrected chi connectivity index (χ1v) is 38.0. The molecule has 1 aliphatic carbocycles. The van der Waals surface area contributed by atoms with Crippen LogP contribution < -0.4 is 18.3 Å². The van der Waals surface area contributed by atoms with E-state index < -0.39 is 67.6 Å². The average molecular weight is 1510 g/mol. The summed E-state index contributed by atoms with van der Waals surface area (Å²) in [4.78, 5) is 0. The maximum atomic E-state index is 9.26. The molecule has 11 aromatic carbocycles. The molecule has 0 spiro atoms. The molecular formula is C109H112N4+4. The van der Waals surface area contributed by atoms with Gasteiger partial charge in [0.2, 0.25) is 22.8 Å². The Morgan fingerprint density at radius 1 is 0.239 bits per heavy atom. The highest BCUT2D eigenvalue weighted by Crippen LogP contribution is 2.41. The van der Waals surface area contributed by atoms with Gasteiger partial charge in [0, 0.05) is 109 Å². The molecule has 4 heterocycles. The fraction of sp³-hybridized carbons (Fsp3) is 0.211. The summed E-state index contributed by atoms with van der Waals surface area (Å²) in [5, 5.41) is 0. The second-order valence-electron chi connectivity index (χ2n) is 29.1. The molecule has 113 heavy (non-hydrogen) atoms. The summed E-state index contributed by atoms with van der Waals surface area (Å²) in [6.45, 7) is -13.4. The number of hydrogen-bond acceptors (Lipinski definition) is 0. The predicted octanol–water partition coefficient (Wildman–Crippen LogP) is 26.4. The number of benzene rings is 11. The molecule has 0 bridgehead atoms. The molecule has 0 radical (unpaired) electrons. The average Bonchev–Trinajstić information content (AvgIpc) is 0.738. The van der Waals surface area contributed by atoms with E-state index in [4.69, 9.17) is 37.0 Å². The summed E-state index contributed by atoms with van der Waals surface area (Å²) in [6, 6.07) is 83.9. The summed E-state index contributed by atoms with van der Waals surface area (Å²) < 4.78 is 234. The zero-order valence-electron chi connectivity index (χ0n) is 93.2. The number of hydrogen-bond donors (Lipinski definition) is 0. The summed E-state index contributed by atoms with van der Waals surface area (Å²) in [6.07, 6.45) is 11.2. The van der Waals surface area contributed by atoms with E-state index in [-0.39, 0.29) is 38.9 Å². The van der Waals surface area contributed by atoms with E-state index >= 15 is 0 Å². The fourth-order valence-electron chi connectivity index (χ4n) is 15.0. The van der Waals surface area contributed by atoms with Crippen LogP contribution >= 0.6 is 0 Å². The van der Waals surface area contributed by atoms with Gasteiger partial charge in [-0.1, -0.05) is 232 Å². The van der Waals surface area contributed by atoms with Crippen molar-refractivity contribution in [1.29, 1.82) is 0 Å². The molecule has 4 aromatic heterocycles. The van der Waals surface area contributed by atoms with Gasteiger partial charge in [0.05, 0.1) is 0 Å². The maximum absolute atomic E-state index is 9.26. The van der Waals surface area contributed by atoms with Gasteiger partial charge in [-0.05, 0) is 283 Å². The molecule has 0 atom stereocenters. The van der Waals surface area contributed by atoms with E-state index in [9.17, 15) is 1.37 Å². The van der Waals surface area contributed by atoms with Crippen molar-refractivity contribution in [3.8, 4) is 123 Å². The zero-order chi connectivity index (χ0) is 103. The lowest BCUT2D eigenvalue weighted by Gasteiger charge is -2.23. The highest BCUT2D eigenvalue weighted by molar-refractivity contribution is 5.82. The minimum absolute atomic E-state index is 0.0250. The smallest absolute Gasteiger partial charge is 0.201 e. The van der Waals surface area contributed by atoms with Crippen molar-refractivity contribution in [3.05, 3.63) is 382 Å². The molecule has 0 N–H and O–H groups in total. The second-order valence-corrected chi connectivity index (χ2v) is 29.1. The van der Waals surface area contributed by atoms with Gasteiger partial charge in [0.15, 0.2) is 24.8 Å². The van der Waals surface area contributed by atoms with Gasteiger partial charge in [-0.25, -0.2) is 18.3 Å². The summed E-state index contributed by atoms with van der Waals surface area (Å²) in [7, 11) is 7.56. The quantitative estimate of drug-likeness (QED) is 0.108. The van der Waals surface area contributed by atoms with Gasteiger partial charge >= 0.3 is 0 Å². The first-order valence-electron chi connectivity index (χ1n) is 52.0. The maximum Gasteiger partial charge on any atom is 0.213 e. The molecule has 1 aliphatic rings. The van der Waals surface area contributed by atoms with Crippen LogP contribution in [0.2, 0.25) is 0 Å².